The maximum absolute atomic E-state index is 10.5. The van der Waals surface area contributed by atoms with Crippen molar-refractivity contribution in [2.24, 2.45) is 0 Å². The molecule has 0 saturated carbocycles. The Hall–Kier alpha value is -2.99. The first-order valence-corrected chi connectivity index (χ1v) is 7.94. The zero-order valence-corrected chi connectivity index (χ0v) is 13.4. The maximum atomic E-state index is 10.5. The van der Waals surface area contributed by atoms with Gasteiger partial charge in [0.25, 0.3) is 0 Å². The van der Waals surface area contributed by atoms with Crippen LogP contribution in [0.4, 0.5) is 0 Å². The predicted octanol–water partition coefficient (Wildman–Crippen LogP) is 4.01. The second kappa shape index (κ2) is 9.22. The summed E-state index contributed by atoms with van der Waals surface area (Å²) >= 11 is 0. The van der Waals surface area contributed by atoms with Gasteiger partial charge in [0.05, 0.1) is 11.6 Å². The molecule has 3 heteroatoms. The zero-order valence-electron chi connectivity index (χ0n) is 13.4. The first-order chi connectivity index (χ1) is 11.8. The van der Waals surface area contributed by atoms with Crippen LogP contribution in [0.5, 0.6) is 0 Å². The minimum atomic E-state index is 0.403. The van der Waals surface area contributed by atoms with Crippen LogP contribution in [0.25, 0.3) is 11.6 Å². The normalized spacial score (nSPS) is 10.9. The van der Waals surface area contributed by atoms with Crippen LogP contribution in [-0.2, 0) is 22.4 Å². The summed E-state index contributed by atoms with van der Waals surface area (Å²) in [6.45, 7) is 0. The summed E-state index contributed by atoms with van der Waals surface area (Å²) in [5, 5.41) is 9.42. The summed E-state index contributed by atoms with van der Waals surface area (Å²) < 4.78 is 0. The Labute approximate surface area is 142 Å². The van der Waals surface area contributed by atoms with Crippen molar-refractivity contribution in [3.8, 4) is 6.07 Å². The van der Waals surface area contributed by atoms with E-state index in [-0.39, 0.29) is 0 Å². The molecule has 0 unspecified atom stereocenters. The van der Waals surface area contributed by atoms with Gasteiger partial charge in [0.2, 0.25) is 0 Å². The van der Waals surface area contributed by atoms with E-state index in [4.69, 9.17) is 0 Å². The summed E-state index contributed by atoms with van der Waals surface area (Å²) in [7, 11) is 0. The molecule has 2 rings (SSSR count). The number of benzene rings is 2. The highest BCUT2D eigenvalue weighted by Crippen LogP contribution is 2.19. The van der Waals surface area contributed by atoms with E-state index in [1.165, 1.54) is 0 Å². The monoisotopic (exact) mass is 317 g/mol. The number of unbranched alkanes of at least 4 members (excludes halogenated alkanes) is 1. The van der Waals surface area contributed by atoms with E-state index in [1.807, 2.05) is 54.6 Å². The highest BCUT2D eigenvalue weighted by Gasteiger charge is 2.02. The lowest BCUT2D eigenvalue weighted by Crippen LogP contribution is -1.89. The van der Waals surface area contributed by atoms with E-state index in [1.54, 1.807) is 0 Å². The number of aryl methyl sites for hydroxylation is 1. The molecule has 0 aliphatic rings. The summed E-state index contributed by atoms with van der Waals surface area (Å²) in [5.41, 5.74) is 4.51. The van der Waals surface area contributed by atoms with Gasteiger partial charge in [-0.25, -0.2) is 0 Å². The average molecular weight is 317 g/mol. The fourth-order valence-electron chi connectivity index (χ4n) is 2.43. The second-order valence-corrected chi connectivity index (χ2v) is 5.54. The first kappa shape index (κ1) is 17.4. The lowest BCUT2D eigenvalue weighted by molar-refractivity contribution is -0.108. The Balaban J connectivity index is 2.13. The summed E-state index contributed by atoms with van der Waals surface area (Å²) in [6.07, 6.45) is 6.34. The van der Waals surface area contributed by atoms with E-state index in [0.717, 1.165) is 47.7 Å². The second-order valence-electron chi connectivity index (χ2n) is 5.54. The Bertz CT molecular complexity index is 750. The van der Waals surface area contributed by atoms with Gasteiger partial charge in [0, 0.05) is 12.8 Å². The molecule has 24 heavy (non-hydrogen) atoms. The molecular weight excluding hydrogens is 298 g/mol. The third kappa shape index (κ3) is 5.03. The van der Waals surface area contributed by atoms with E-state index >= 15 is 0 Å². The standard InChI is InChI=1S/C21H19NO2/c22-16-21(15-19-6-4-18(5-7-19)12-14-24)20-10-8-17(9-11-20)3-1-2-13-23/h4-11,13-15H,1-3,12H2. The fourth-order valence-corrected chi connectivity index (χ4v) is 2.43. The van der Waals surface area contributed by atoms with Gasteiger partial charge in [-0.1, -0.05) is 48.5 Å². The molecule has 0 heterocycles. The molecule has 0 aromatic heterocycles. The number of nitrogens with zero attached hydrogens (tertiary/aromatic N) is 1. The highest BCUT2D eigenvalue weighted by atomic mass is 16.1. The molecule has 0 spiro atoms. The Morgan fingerprint density at radius 3 is 2.17 bits per heavy atom. The number of allylic oxidation sites excluding steroid dienone is 1. The quantitative estimate of drug-likeness (QED) is 0.320. The van der Waals surface area contributed by atoms with Crippen LogP contribution in [0, 0.1) is 11.3 Å². The molecule has 2 aromatic rings. The Morgan fingerprint density at radius 1 is 0.917 bits per heavy atom. The van der Waals surface area contributed by atoms with Crippen LogP contribution in [0.1, 0.15) is 35.1 Å². The van der Waals surface area contributed by atoms with Crippen LogP contribution >= 0.6 is 0 Å². The summed E-state index contributed by atoms with van der Waals surface area (Å²) in [5.74, 6) is 0. The summed E-state index contributed by atoms with van der Waals surface area (Å²) in [6, 6.07) is 17.7. The Kier molecular flexibility index (Phi) is 6.67. The molecule has 0 aliphatic carbocycles. The van der Waals surface area contributed by atoms with Crippen LogP contribution in [0.3, 0.4) is 0 Å². The summed E-state index contributed by atoms with van der Waals surface area (Å²) in [4.78, 5) is 20.9. The van der Waals surface area contributed by atoms with Gasteiger partial charge < -0.3 is 9.59 Å². The number of carbonyl (C=O) groups excluding carboxylic acids is 2. The van der Waals surface area contributed by atoms with Gasteiger partial charge in [-0.2, -0.15) is 5.26 Å². The average Bonchev–Trinajstić information content (AvgIpc) is 2.62. The van der Waals surface area contributed by atoms with Crippen molar-refractivity contribution in [1.82, 2.24) is 0 Å². The van der Waals surface area contributed by atoms with Gasteiger partial charge in [-0.05, 0) is 41.2 Å². The van der Waals surface area contributed by atoms with Crippen molar-refractivity contribution in [3.05, 3.63) is 70.8 Å². The third-order valence-electron chi connectivity index (χ3n) is 3.78. The van der Waals surface area contributed by atoms with Gasteiger partial charge in [0.1, 0.15) is 12.6 Å². The molecule has 0 atom stereocenters. The molecule has 3 nitrogen and oxygen atoms in total. The Morgan fingerprint density at radius 2 is 1.58 bits per heavy atom. The SMILES string of the molecule is N#CC(=Cc1ccc(CC=O)cc1)c1ccc(CCCC=O)cc1. The van der Waals surface area contributed by atoms with Gasteiger partial charge in [-0.15, -0.1) is 0 Å². The molecule has 0 amide bonds. The number of aldehydes is 2. The molecule has 2 aromatic carbocycles. The van der Waals surface area contributed by atoms with Gasteiger partial charge in [0.15, 0.2) is 0 Å². The van der Waals surface area contributed by atoms with Gasteiger partial charge >= 0.3 is 0 Å². The van der Waals surface area contributed by atoms with Crippen molar-refractivity contribution < 1.29 is 9.59 Å². The fraction of sp³-hybridized carbons (Fsp3) is 0.190. The zero-order chi connectivity index (χ0) is 17.2. The number of hydrogen-bond acceptors (Lipinski definition) is 3. The first-order valence-electron chi connectivity index (χ1n) is 7.94. The molecule has 0 aliphatic heterocycles. The molecular formula is C21H19NO2. The lowest BCUT2D eigenvalue weighted by Gasteiger charge is -2.04. The van der Waals surface area contributed by atoms with E-state index in [9.17, 15) is 14.9 Å². The van der Waals surface area contributed by atoms with Gasteiger partial charge in [-0.3, -0.25) is 0 Å². The minimum Gasteiger partial charge on any atom is -0.303 e. The number of rotatable bonds is 8. The van der Waals surface area contributed by atoms with Crippen LogP contribution in [0.15, 0.2) is 48.5 Å². The van der Waals surface area contributed by atoms with E-state index in [2.05, 4.69) is 6.07 Å². The maximum Gasteiger partial charge on any atom is 0.124 e. The minimum absolute atomic E-state index is 0.403. The molecule has 0 N–H and O–H groups in total. The molecule has 0 radical (unpaired) electrons. The number of hydrogen-bond donors (Lipinski definition) is 0. The molecule has 0 fully saturated rings. The van der Waals surface area contributed by atoms with Crippen molar-refractivity contribution in [3.63, 3.8) is 0 Å². The highest BCUT2D eigenvalue weighted by molar-refractivity contribution is 5.89. The van der Waals surface area contributed by atoms with Crippen molar-refractivity contribution in [2.75, 3.05) is 0 Å². The molecule has 120 valence electrons. The van der Waals surface area contributed by atoms with E-state index in [0.29, 0.717) is 18.4 Å². The largest absolute Gasteiger partial charge is 0.303 e. The van der Waals surface area contributed by atoms with Crippen LogP contribution < -0.4 is 0 Å². The van der Waals surface area contributed by atoms with Crippen LogP contribution in [0.2, 0.25) is 0 Å². The van der Waals surface area contributed by atoms with Crippen molar-refractivity contribution in [2.45, 2.75) is 25.7 Å². The predicted molar refractivity (Wildman–Crippen MR) is 95.1 cm³/mol. The van der Waals surface area contributed by atoms with Crippen molar-refractivity contribution in [1.29, 1.82) is 5.26 Å². The topological polar surface area (TPSA) is 57.9 Å². The van der Waals surface area contributed by atoms with Crippen LogP contribution in [-0.4, -0.2) is 12.6 Å². The molecule has 0 bridgehead atoms. The number of nitriles is 1. The molecule has 0 saturated heterocycles. The lowest BCUT2D eigenvalue weighted by atomic mass is 10.00. The van der Waals surface area contributed by atoms with E-state index < -0.39 is 0 Å². The smallest absolute Gasteiger partial charge is 0.124 e. The van der Waals surface area contributed by atoms with Crippen molar-refractivity contribution >= 4 is 24.2 Å². The third-order valence-corrected chi connectivity index (χ3v) is 3.78. The number of carbonyl (C=O) groups is 2.